The molecule has 1 unspecified atom stereocenters. The predicted molar refractivity (Wildman–Crippen MR) is 82.0 cm³/mol. The summed E-state index contributed by atoms with van der Waals surface area (Å²) in [7, 11) is 0. The molecule has 1 fully saturated rings. The van der Waals surface area contributed by atoms with Crippen LogP contribution in [0.15, 0.2) is 35.1 Å². The van der Waals surface area contributed by atoms with Crippen molar-refractivity contribution in [3.63, 3.8) is 0 Å². The number of benzene rings is 1. The smallest absolute Gasteiger partial charge is 0.232 e. The molecular formula is C16H15F2N5O2. The quantitative estimate of drug-likeness (QED) is 0.748. The Morgan fingerprint density at radius 2 is 2.12 bits per heavy atom. The third-order valence-electron chi connectivity index (χ3n) is 4.33. The summed E-state index contributed by atoms with van der Waals surface area (Å²) < 4.78 is 32.9. The van der Waals surface area contributed by atoms with Crippen molar-refractivity contribution in [1.29, 1.82) is 0 Å². The van der Waals surface area contributed by atoms with Crippen molar-refractivity contribution in [2.75, 3.05) is 13.1 Å². The molecular weight excluding hydrogens is 332 g/mol. The number of H-pyrrole nitrogens is 1. The van der Waals surface area contributed by atoms with E-state index < -0.39 is 17.2 Å². The van der Waals surface area contributed by atoms with Crippen LogP contribution in [0.5, 0.6) is 0 Å². The molecule has 2 aromatic heterocycles. The van der Waals surface area contributed by atoms with Gasteiger partial charge in [-0.3, -0.25) is 4.90 Å². The molecule has 0 aliphatic carbocycles. The van der Waals surface area contributed by atoms with E-state index in [0.717, 1.165) is 12.1 Å². The van der Waals surface area contributed by atoms with E-state index in [1.54, 1.807) is 0 Å². The van der Waals surface area contributed by atoms with Gasteiger partial charge in [0.2, 0.25) is 5.89 Å². The number of aromatic nitrogens is 4. The number of aliphatic hydroxyl groups is 1. The van der Waals surface area contributed by atoms with Gasteiger partial charge in [0, 0.05) is 19.6 Å². The lowest BCUT2D eigenvalue weighted by molar-refractivity contribution is 0.0407. The van der Waals surface area contributed by atoms with Gasteiger partial charge in [0.25, 0.3) is 0 Å². The zero-order valence-electron chi connectivity index (χ0n) is 13.1. The van der Waals surface area contributed by atoms with Gasteiger partial charge in [-0.1, -0.05) is 6.07 Å². The first-order valence-electron chi connectivity index (χ1n) is 7.75. The molecule has 3 heterocycles. The van der Waals surface area contributed by atoms with Crippen LogP contribution in [0.4, 0.5) is 8.78 Å². The molecule has 1 aromatic carbocycles. The standard InChI is InChI=1S/C16H15F2N5O2/c17-11-2-1-3-12(18)14(11)15-20-10(8-25-15)7-23-5-4-16(24,9-23)13-6-19-22-21-13/h1-3,6,8,24H,4-5,7,9H2,(H,19,21,22). The van der Waals surface area contributed by atoms with Crippen LogP contribution in [-0.2, 0) is 12.1 Å². The molecule has 0 radical (unpaired) electrons. The van der Waals surface area contributed by atoms with E-state index in [4.69, 9.17) is 4.42 Å². The molecule has 25 heavy (non-hydrogen) atoms. The second-order valence-electron chi connectivity index (χ2n) is 6.09. The van der Waals surface area contributed by atoms with E-state index in [0.29, 0.717) is 37.4 Å². The minimum Gasteiger partial charge on any atom is -0.444 e. The maximum Gasteiger partial charge on any atom is 0.232 e. The number of aromatic amines is 1. The predicted octanol–water partition coefficient (Wildman–Crippen LogP) is 1.83. The monoisotopic (exact) mass is 347 g/mol. The van der Waals surface area contributed by atoms with Crippen LogP contribution >= 0.6 is 0 Å². The summed E-state index contributed by atoms with van der Waals surface area (Å²) >= 11 is 0. The minimum atomic E-state index is -1.07. The molecule has 0 saturated carbocycles. The summed E-state index contributed by atoms with van der Waals surface area (Å²) in [5, 5.41) is 20.8. The van der Waals surface area contributed by atoms with E-state index >= 15 is 0 Å². The van der Waals surface area contributed by atoms with Gasteiger partial charge in [-0.25, -0.2) is 13.8 Å². The fourth-order valence-corrected chi connectivity index (χ4v) is 3.07. The number of rotatable bonds is 4. The number of oxazole rings is 1. The van der Waals surface area contributed by atoms with Crippen molar-refractivity contribution in [3.05, 3.63) is 53.7 Å². The van der Waals surface area contributed by atoms with Crippen molar-refractivity contribution in [2.24, 2.45) is 0 Å². The Morgan fingerprint density at radius 1 is 1.32 bits per heavy atom. The lowest BCUT2D eigenvalue weighted by Crippen LogP contribution is -2.31. The highest BCUT2D eigenvalue weighted by Gasteiger charge is 2.39. The molecule has 0 amide bonds. The number of likely N-dealkylation sites (tertiary alicyclic amines) is 1. The Kier molecular flexibility index (Phi) is 3.81. The Hall–Kier alpha value is -2.65. The van der Waals surface area contributed by atoms with Gasteiger partial charge in [-0.2, -0.15) is 15.4 Å². The van der Waals surface area contributed by atoms with Crippen LogP contribution in [0.25, 0.3) is 11.5 Å². The number of hydrogen-bond donors (Lipinski definition) is 2. The van der Waals surface area contributed by atoms with Crippen LogP contribution < -0.4 is 0 Å². The molecule has 1 atom stereocenters. The highest BCUT2D eigenvalue weighted by atomic mass is 19.1. The van der Waals surface area contributed by atoms with E-state index in [1.165, 1.54) is 18.5 Å². The summed E-state index contributed by atoms with van der Waals surface area (Å²) in [5.74, 6) is -1.55. The van der Waals surface area contributed by atoms with E-state index in [-0.39, 0.29) is 11.5 Å². The first kappa shape index (κ1) is 15.9. The Morgan fingerprint density at radius 3 is 2.84 bits per heavy atom. The Balaban J connectivity index is 1.49. The molecule has 0 spiro atoms. The van der Waals surface area contributed by atoms with Gasteiger partial charge in [0.05, 0.1) is 11.9 Å². The Labute approximate surface area is 141 Å². The normalized spacial score (nSPS) is 21.1. The zero-order chi connectivity index (χ0) is 17.4. The van der Waals surface area contributed by atoms with E-state index in [9.17, 15) is 13.9 Å². The summed E-state index contributed by atoms with van der Waals surface area (Å²) in [5.41, 5.74) is -0.336. The van der Waals surface area contributed by atoms with Crippen molar-refractivity contribution < 1.29 is 18.3 Å². The second-order valence-corrected chi connectivity index (χ2v) is 6.09. The first-order chi connectivity index (χ1) is 12.0. The lowest BCUT2D eigenvalue weighted by Gasteiger charge is -2.20. The molecule has 0 bridgehead atoms. The number of nitrogens with one attached hydrogen (secondary N) is 1. The maximum atomic E-state index is 13.8. The van der Waals surface area contributed by atoms with Crippen molar-refractivity contribution in [3.8, 4) is 11.5 Å². The molecule has 1 aliphatic rings. The first-order valence-corrected chi connectivity index (χ1v) is 7.75. The third-order valence-corrected chi connectivity index (χ3v) is 4.33. The summed E-state index contributed by atoms with van der Waals surface area (Å²) in [4.78, 5) is 6.14. The van der Waals surface area contributed by atoms with Gasteiger partial charge in [0.15, 0.2) is 0 Å². The number of hydrogen-bond acceptors (Lipinski definition) is 6. The molecule has 130 valence electrons. The van der Waals surface area contributed by atoms with Crippen molar-refractivity contribution in [2.45, 2.75) is 18.6 Å². The molecule has 2 N–H and O–H groups in total. The molecule has 3 aromatic rings. The zero-order valence-corrected chi connectivity index (χ0v) is 13.1. The number of β-amino-alcohol motifs (C(OH)–C–C–N with tert-alkyl or cyclic N) is 1. The maximum absolute atomic E-state index is 13.8. The molecule has 1 saturated heterocycles. The SMILES string of the molecule is OC1(c2cn[nH]n2)CCN(Cc2coc(-c3c(F)cccc3F)n2)C1. The Bertz CT molecular complexity index is 862. The largest absolute Gasteiger partial charge is 0.444 e. The number of halogens is 2. The average Bonchev–Trinajstić information content (AvgIpc) is 3.30. The molecule has 9 heteroatoms. The third kappa shape index (κ3) is 2.92. The van der Waals surface area contributed by atoms with Crippen molar-refractivity contribution in [1.82, 2.24) is 25.3 Å². The number of nitrogens with zero attached hydrogens (tertiary/aromatic N) is 4. The minimum absolute atomic E-state index is 0.100. The topological polar surface area (TPSA) is 91.1 Å². The van der Waals surface area contributed by atoms with Crippen LogP contribution in [0.1, 0.15) is 17.8 Å². The highest BCUT2D eigenvalue weighted by Crippen LogP contribution is 2.31. The fraction of sp³-hybridized carbons (Fsp3) is 0.312. The average molecular weight is 347 g/mol. The molecule has 7 nitrogen and oxygen atoms in total. The van der Waals surface area contributed by atoms with Gasteiger partial charge < -0.3 is 9.52 Å². The highest BCUT2D eigenvalue weighted by molar-refractivity contribution is 5.55. The molecule has 4 rings (SSSR count). The van der Waals surface area contributed by atoms with Crippen LogP contribution in [-0.4, -0.2) is 43.5 Å². The summed E-state index contributed by atoms with van der Waals surface area (Å²) in [6, 6.07) is 3.59. The van der Waals surface area contributed by atoms with Gasteiger partial charge >= 0.3 is 0 Å². The van der Waals surface area contributed by atoms with Crippen LogP contribution in [0.2, 0.25) is 0 Å². The van der Waals surface area contributed by atoms with E-state index in [1.807, 2.05) is 4.90 Å². The fourth-order valence-electron chi connectivity index (χ4n) is 3.07. The van der Waals surface area contributed by atoms with Gasteiger partial charge in [0.1, 0.15) is 34.8 Å². The van der Waals surface area contributed by atoms with Crippen LogP contribution in [0.3, 0.4) is 0 Å². The van der Waals surface area contributed by atoms with Crippen molar-refractivity contribution >= 4 is 0 Å². The molecule has 1 aliphatic heterocycles. The summed E-state index contributed by atoms with van der Waals surface area (Å²) in [6.45, 7) is 1.37. The van der Waals surface area contributed by atoms with Crippen LogP contribution in [0, 0.1) is 11.6 Å². The van der Waals surface area contributed by atoms with Gasteiger partial charge in [-0.15, -0.1) is 0 Å². The summed E-state index contributed by atoms with van der Waals surface area (Å²) in [6.07, 6.45) is 3.37. The second kappa shape index (κ2) is 6.01. The van der Waals surface area contributed by atoms with E-state index in [2.05, 4.69) is 20.4 Å². The van der Waals surface area contributed by atoms with Gasteiger partial charge in [-0.05, 0) is 18.6 Å². The lowest BCUT2D eigenvalue weighted by atomic mass is 10.0.